The van der Waals surface area contributed by atoms with Crippen molar-refractivity contribution in [3.8, 4) is 0 Å². The summed E-state index contributed by atoms with van der Waals surface area (Å²) >= 11 is 0. The van der Waals surface area contributed by atoms with E-state index < -0.39 is 0 Å². The standard InChI is InChI=1S/C9H11N3.C2H6/c1-6-3-10-8-7(2)5-12-9(8)11-4-6;1-2/h3-6,12H,1-2H3;1-2H3. The molecular formula is C11H17N3. The van der Waals surface area contributed by atoms with Gasteiger partial charge in [0.2, 0.25) is 0 Å². The van der Waals surface area contributed by atoms with Crippen LogP contribution in [0.5, 0.6) is 0 Å². The summed E-state index contributed by atoms with van der Waals surface area (Å²) in [5.74, 6) is 1.19. The van der Waals surface area contributed by atoms with Crippen LogP contribution in [0.15, 0.2) is 16.2 Å². The number of H-pyrrole nitrogens is 1. The van der Waals surface area contributed by atoms with Crippen LogP contribution in [0.2, 0.25) is 0 Å². The third kappa shape index (κ3) is 2.10. The molecule has 14 heavy (non-hydrogen) atoms. The monoisotopic (exact) mass is 191 g/mol. The summed E-state index contributed by atoms with van der Waals surface area (Å²) in [6, 6.07) is 0. The molecule has 1 N–H and O–H groups in total. The van der Waals surface area contributed by atoms with Crippen molar-refractivity contribution in [3.63, 3.8) is 0 Å². The van der Waals surface area contributed by atoms with E-state index in [4.69, 9.17) is 0 Å². The van der Waals surface area contributed by atoms with Gasteiger partial charge in [-0.15, -0.1) is 0 Å². The van der Waals surface area contributed by atoms with E-state index in [0.29, 0.717) is 5.92 Å². The molecule has 1 aromatic rings. The maximum Gasteiger partial charge on any atom is 0.155 e. The predicted octanol–water partition coefficient (Wildman–Crippen LogP) is 3.40. The van der Waals surface area contributed by atoms with Crippen molar-refractivity contribution in [1.82, 2.24) is 4.98 Å². The highest BCUT2D eigenvalue weighted by atomic mass is 15.0. The second-order valence-corrected chi connectivity index (χ2v) is 3.08. The number of fused-ring (bicyclic) bond motifs is 1. The number of aliphatic imine (C=N–C) groups is 2. The fourth-order valence-corrected chi connectivity index (χ4v) is 1.18. The Hall–Kier alpha value is -1.38. The molecule has 2 heterocycles. The van der Waals surface area contributed by atoms with E-state index in [1.54, 1.807) is 0 Å². The molecule has 0 fully saturated rings. The van der Waals surface area contributed by atoms with Crippen LogP contribution in [0.4, 0.5) is 11.5 Å². The molecule has 1 aromatic heterocycles. The lowest BCUT2D eigenvalue weighted by Crippen LogP contribution is -1.94. The molecule has 76 valence electrons. The van der Waals surface area contributed by atoms with E-state index in [-0.39, 0.29) is 0 Å². The fourth-order valence-electron chi connectivity index (χ4n) is 1.18. The van der Waals surface area contributed by atoms with E-state index in [1.165, 1.54) is 0 Å². The fraction of sp³-hybridized carbons (Fsp3) is 0.455. The molecule has 0 aliphatic carbocycles. The first-order valence-corrected chi connectivity index (χ1v) is 5.03. The van der Waals surface area contributed by atoms with Crippen LogP contribution in [0.25, 0.3) is 0 Å². The van der Waals surface area contributed by atoms with Gasteiger partial charge in [-0.2, -0.15) is 0 Å². The second kappa shape index (κ2) is 4.74. The Morgan fingerprint density at radius 3 is 2.57 bits per heavy atom. The van der Waals surface area contributed by atoms with Crippen molar-refractivity contribution in [2.75, 3.05) is 0 Å². The van der Waals surface area contributed by atoms with Crippen LogP contribution in [-0.4, -0.2) is 17.4 Å². The molecule has 1 unspecified atom stereocenters. The summed E-state index contributed by atoms with van der Waals surface area (Å²) < 4.78 is 0. The average molecular weight is 191 g/mol. The molecule has 1 atom stereocenters. The van der Waals surface area contributed by atoms with Crippen LogP contribution in [0, 0.1) is 12.8 Å². The Morgan fingerprint density at radius 1 is 1.21 bits per heavy atom. The molecule has 0 saturated heterocycles. The number of aromatic nitrogens is 1. The molecular weight excluding hydrogens is 174 g/mol. The van der Waals surface area contributed by atoms with Gasteiger partial charge in [0.25, 0.3) is 0 Å². The summed E-state index contributed by atoms with van der Waals surface area (Å²) in [6.45, 7) is 8.09. The number of aryl methyl sites for hydroxylation is 1. The minimum atomic E-state index is 0.324. The molecule has 0 radical (unpaired) electrons. The SMILES string of the molecule is CC.Cc1c[nH]c2c1N=CC(C)C=N2. The van der Waals surface area contributed by atoms with Gasteiger partial charge >= 0.3 is 0 Å². The quantitative estimate of drug-likeness (QED) is 0.653. The second-order valence-electron chi connectivity index (χ2n) is 3.08. The zero-order chi connectivity index (χ0) is 10.6. The summed E-state index contributed by atoms with van der Waals surface area (Å²) in [5, 5.41) is 0. The first kappa shape index (κ1) is 10.7. The topological polar surface area (TPSA) is 40.5 Å². The summed E-state index contributed by atoms with van der Waals surface area (Å²) in [7, 11) is 0. The Balaban J connectivity index is 0.000000461. The van der Waals surface area contributed by atoms with E-state index in [9.17, 15) is 0 Å². The van der Waals surface area contributed by atoms with Gasteiger partial charge in [-0.05, 0) is 12.5 Å². The van der Waals surface area contributed by atoms with E-state index in [1.807, 2.05) is 39.4 Å². The third-order valence-electron chi connectivity index (χ3n) is 1.90. The molecule has 0 spiro atoms. The van der Waals surface area contributed by atoms with Gasteiger partial charge < -0.3 is 4.98 Å². The lowest BCUT2D eigenvalue weighted by Gasteiger charge is -1.90. The first-order chi connectivity index (χ1) is 6.77. The Morgan fingerprint density at radius 2 is 1.86 bits per heavy atom. The third-order valence-corrected chi connectivity index (χ3v) is 1.90. The highest BCUT2D eigenvalue weighted by molar-refractivity contribution is 5.89. The van der Waals surface area contributed by atoms with Gasteiger partial charge in [0.1, 0.15) is 5.69 Å². The van der Waals surface area contributed by atoms with Gasteiger partial charge in [-0.3, -0.25) is 4.99 Å². The van der Waals surface area contributed by atoms with Gasteiger partial charge in [0.15, 0.2) is 5.82 Å². The number of nitrogens with zero attached hydrogens (tertiary/aromatic N) is 2. The highest BCUT2D eigenvalue weighted by Gasteiger charge is 2.08. The Kier molecular flexibility index (Phi) is 3.63. The Bertz CT molecular complexity index is 347. The number of nitrogens with one attached hydrogen (secondary N) is 1. The average Bonchev–Trinajstić information content (AvgIpc) is 2.45. The van der Waals surface area contributed by atoms with Crippen molar-refractivity contribution in [3.05, 3.63) is 11.8 Å². The van der Waals surface area contributed by atoms with E-state index >= 15 is 0 Å². The smallest absolute Gasteiger partial charge is 0.155 e. The van der Waals surface area contributed by atoms with Gasteiger partial charge in [-0.1, -0.05) is 20.8 Å². The molecule has 3 nitrogen and oxygen atoms in total. The molecule has 0 bridgehead atoms. The first-order valence-electron chi connectivity index (χ1n) is 5.03. The van der Waals surface area contributed by atoms with Crippen LogP contribution >= 0.6 is 0 Å². The number of rotatable bonds is 0. The summed E-state index contributed by atoms with van der Waals surface area (Å²) in [4.78, 5) is 11.7. The number of hydrogen-bond acceptors (Lipinski definition) is 2. The normalized spacial score (nSPS) is 18.1. The molecule has 3 heteroatoms. The van der Waals surface area contributed by atoms with Crippen LogP contribution in [-0.2, 0) is 0 Å². The molecule has 0 saturated carbocycles. The number of aromatic amines is 1. The van der Waals surface area contributed by atoms with Crippen molar-refractivity contribution < 1.29 is 0 Å². The maximum atomic E-state index is 4.35. The predicted molar refractivity (Wildman–Crippen MR) is 62.3 cm³/mol. The minimum absolute atomic E-state index is 0.324. The largest absolute Gasteiger partial charge is 0.345 e. The highest BCUT2D eigenvalue weighted by Crippen LogP contribution is 2.31. The molecule has 1 aliphatic heterocycles. The van der Waals surface area contributed by atoms with Crippen molar-refractivity contribution in [2.45, 2.75) is 27.7 Å². The van der Waals surface area contributed by atoms with Gasteiger partial charge in [0, 0.05) is 24.5 Å². The molecule has 1 aliphatic rings. The molecule has 2 rings (SSSR count). The van der Waals surface area contributed by atoms with Crippen LogP contribution in [0.3, 0.4) is 0 Å². The van der Waals surface area contributed by atoms with Crippen LogP contribution < -0.4 is 0 Å². The van der Waals surface area contributed by atoms with Crippen molar-refractivity contribution in [2.24, 2.45) is 15.9 Å². The van der Waals surface area contributed by atoms with Crippen molar-refractivity contribution in [1.29, 1.82) is 0 Å². The minimum Gasteiger partial charge on any atom is -0.345 e. The van der Waals surface area contributed by atoms with Crippen molar-refractivity contribution >= 4 is 23.9 Å². The maximum absolute atomic E-state index is 4.35. The molecule has 0 aromatic carbocycles. The van der Waals surface area contributed by atoms with E-state index in [2.05, 4.69) is 21.9 Å². The van der Waals surface area contributed by atoms with Gasteiger partial charge in [0.05, 0.1) is 0 Å². The summed E-state index contributed by atoms with van der Waals surface area (Å²) in [5.41, 5.74) is 2.11. The number of hydrogen-bond donors (Lipinski definition) is 1. The Labute approximate surface area is 85.0 Å². The van der Waals surface area contributed by atoms with Crippen LogP contribution in [0.1, 0.15) is 26.3 Å². The summed E-state index contributed by atoms with van der Waals surface area (Å²) in [6.07, 6.45) is 5.73. The zero-order valence-electron chi connectivity index (χ0n) is 9.20. The zero-order valence-corrected chi connectivity index (χ0v) is 9.20. The van der Waals surface area contributed by atoms with Gasteiger partial charge in [-0.25, -0.2) is 4.99 Å². The lowest BCUT2D eigenvalue weighted by molar-refractivity contribution is 1.12. The van der Waals surface area contributed by atoms with E-state index in [0.717, 1.165) is 17.1 Å². The molecule has 0 amide bonds. The lowest BCUT2D eigenvalue weighted by atomic mass is 10.2.